The van der Waals surface area contributed by atoms with Gasteiger partial charge in [0.2, 0.25) is 5.91 Å². The van der Waals surface area contributed by atoms with E-state index in [0.717, 1.165) is 0 Å². The number of anilines is 1. The molecule has 1 saturated heterocycles. The minimum absolute atomic E-state index is 0.0442. The number of hydrogen-bond acceptors (Lipinski definition) is 2. The number of amides is 1. The minimum Gasteiger partial charge on any atom is -0.330 e. The predicted molar refractivity (Wildman–Crippen MR) is 63.6 cm³/mol. The third-order valence-corrected chi connectivity index (χ3v) is 3.37. The van der Waals surface area contributed by atoms with Gasteiger partial charge in [-0.2, -0.15) is 0 Å². The summed E-state index contributed by atoms with van der Waals surface area (Å²) in [7, 11) is 0. The average Bonchev–Trinajstić information content (AvgIpc) is 2.60. The molecule has 0 aliphatic carbocycles. The van der Waals surface area contributed by atoms with E-state index in [1.54, 1.807) is 11.0 Å². The van der Waals surface area contributed by atoms with Gasteiger partial charge in [-0.25, -0.2) is 4.39 Å². The van der Waals surface area contributed by atoms with Crippen LogP contribution >= 0.6 is 15.9 Å². The first-order chi connectivity index (χ1) is 7.61. The van der Waals surface area contributed by atoms with E-state index in [-0.39, 0.29) is 17.6 Å². The van der Waals surface area contributed by atoms with Crippen molar-refractivity contribution in [3.8, 4) is 0 Å². The summed E-state index contributed by atoms with van der Waals surface area (Å²) in [5, 5.41) is 0. The summed E-state index contributed by atoms with van der Waals surface area (Å²) < 4.78 is 13.5. The molecule has 1 unspecified atom stereocenters. The van der Waals surface area contributed by atoms with Gasteiger partial charge in [0.25, 0.3) is 0 Å². The van der Waals surface area contributed by atoms with Crippen molar-refractivity contribution in [1.82, 2.24) is 0 Å². The van der Waals surface area contributed by atoms with Gasteiger partial charge in [0, 0.05) is 17.4 Å². The number of nitrogens with two attached hydrogens (primary N) is 1. The number of carbonyl (C=O) groups is 1. The quantitative estimate of drug-likeness (QED) is 0.903. The molecular formula is C11H12BrFN2O. The Morgan fingerprint density at radius 2 is 2.31 bits per heavy atom. The zero-order valence-electron chi connectivity index (χ0n) is 8.62. The molecule has 1 fully saturated rings. The number of nitrogens with zero attached hydrogens (tertiary/aromatic N) is 1. The molecule has 1 aromatic carbocycles. The van der Waals surface area contributed by atoms with Gasteiger partial charge in [0.15, 0.2) is 0 Å². The topological polar surface area (TPSA) is 46.3 Å². The molecule has 0 aromatic heterocycles. The Balaban J connectivity index is 2.28. The van der Waals surface area contributed by atoms with Crippen LogP contribution in [0.15, 0.2) is 22.7 Å². The molecule has 86 valence electrons. The van der Waals surface area contributed by atoms with Crippen molar-refractivity contribution >= 4 is 27.5 Å². The molecule has 1 atom stereocenters. The van der Waals surface area contributed by atoms with E-state index < -0.39 is 0 Å². The molecule has 2 N–H and O–H groups in total. The normalized spacial score (nSPS) is 20.6. The fourth-order valence-corrected chi connectivity index (χ4v) is 2.44. The second kappa shape index (κ2) is 4.51. The highest BCUT2D eigenvalue weighted by Crippen LogP contribution is 2.31. The van der Waals surface area contributed by atoms with Crippen LogP contribution in [-0.2, 0) is 4.79 Å². The SMILES string of the molecule is NCC1CC(=O)N(c2ccc(F)cc2Br)C1. The summed E-state index contributed by atoms with van der Waals surface area (Å²) in [6.45, 7) is 1.11. The molecular weight excluding hydrogens is 275 g/mol. The lowest BCUT2D eigenvalue weighted by Gasteiger charge is -2.18. The average molecular weight is 287 g/mol. The smallest absolute Gasteiger partial charge is 0.227 e. The zero-order valence-corrected chi connectivity index (χ0v) is 10.2. The third kappa shape index (κ3) is 2.10. The highest BCUT2D eigenvalue weighted by molar-refractivity contribution is 9.10. The van der Waals surface area contributed by atoms with Crippen LogP contribution in [0.4, 0.5) is 10.1 Å². The van der Waals surface area contributed by atoms with Crippen LogP contribution in [0.5, 0.6) is 0 Å². The van der Waals surface area contributed by atoms with Crippen LogP contribution in [0.2, 0.25) is 0 Å². The van der Waals surface area contributed by atoms with Gasteiger partial charge < -0.3 is 10.6 Å². The van der Waals surface area contributed by atoms with Gasteiger partial charge in [-0.05, 0) is 46.6 Å². The largest absolute Gasteiger partial charge is 0.330 e. The first-order valence-corrected chi connectivity index (χ1v) is 5.86. The summed E-state index contributed by atoms with van der Waals surface area (Å²) in [6, 6.07) is 4.32. The van der Waals surface area contributed by atoms with Gasteiger partial charge in [-0.15, -0.1) is 0 Å². The standard InChI is InChI=1S/C11H12BrFN2O/c12-9-4-8(13)1-2-10(9)15-6-7(5-14)3-11(15)16/h1-2,4,7H,3,5-6,14H2. The second-order valence-electron chi connectivity index (χ2n) is 3.91. The molecule has 1 heterocycles. The van der Waals surface area contributed by atoms with Crippen molar-refractivity contribution in [2.75, 3.05) is 18.0 Å². The highest BCUT2D eigenvalue weighted by Gasteiger charge is 2.30. The molecule has 0 saturated carbocycles. The minimum atomic E-state index is -0.322. The Morgan fingerprint density at radius 1 is 1.56 bits per heavy atom. The van der Waals surface area contributed by atoms with Gasteiger partial charge in [-0.3, -0.25) is 4.79 Å². The molecule has 16 heavy (non-hydrogen) atoms. The number of benzene rings is 1. The number of carbonyl (C=O) groups excluding carboxylic acids is 1. The molecule has 5 heteroatoms. The summed E-state index contributed by atoms with van der Waals surface area (Å²) in [5.74, 6) is -0.0788. The van der Waals surface area contributed by atoms with Crippen LogP contribution in [-0.4, -0.2) is 19.0 Å². The molecule has 0 radical (unpaired) electrons. The second-order valence-corrected chi connectivity index (χ2v) is 4.76. The molecule has 1 aliphatic rings. The molecule has 2 rings (SSSR count). The van der Waals surface area contributed by atoms with E-state index >= 15 is 0 Å². The summed E-state index contributed by atoms with van der Waals surface area (Å²) in [6.07, 6.45) is 0.473. The Kier molecular flexibility index (Phi) is 3.25. The number of halogens is 2. The maximum atomic E-state index is 12.9. The monoisotopic (exact) mass is 286 g/mol. The molecule has 1 aliphatic heterocycles. The lowest BCUT2D eigenvalue weighted by Crippen LogP contribution is -2.26. The third-order valence-electron chi connectivity index (χ3n) is 2.74. The lowest BCUT2D eigenvalue weighted by atomic mass is 10.1. The first-order valence-electron chi connectivity index (χ1n) is 5.07. The van der Waals surface area contributed by atoms with E-state index in [1.807, 2.05) is 0 Å². The zero-order chi connectivity index (χ0) is 11.7. The molecule has 0 spiro atoms. The van der Waals surface area contributed by atoms with Crippen LogP contribution < -0.4 is 10.6 Å². The van der Waals surface area contributed by atoms with Gasteiger partial charge in [-0.1, -0.05) is 0 Å². The van der Waals surface area contributed by atoms with Crippen molar-refractivity contribution in [2.24, 2.45) is 11.7 Å². The Bertz CT molecular complexity index is 424. The maximum Gasteiger partial charge on any atom is 0.227 e. The van der Waals surface area contributed by atoms with E-state index in [2.05, 4.69) is 15.9 Å². The number of hydrogen-bond donors (Lipinski definition) is 1. The van der Waals surface area contributed by atoms with E-state index in [9.17, 15) is 9.18 Å². The first kappa shape index (κ1) is 11.5. The predicted octanol–water partition coefficient (Wildman–Crippen LogP) is 1.90. The Morgan fingerprint density at radius 3 is 2.88 bits per heavy atom. The van der Waals surface area contributed by atoms with Crippen molar-refractivity contribution in [3.05, 3.63) is 28.5 Å². The number of rotatable bonds is 2. The highest BCUT2D eigenvalue weighted by atomic mass is 79.9. The molecule has 3 nitrogen and oxygen atoms in total. The van der Waals surface area contributed by atoms with E-state index in [4.69, 9.17) is 5.73 Å². The van der Waals surface area contributed by atoms with Crippen molar-refractivity contribution < 1.29 is 9.18 Å². The van der Waals surface area contributed by atoms with Crippen molar-refractivity contribution in [3.63, 3.8) is 0 Å². The Labute approximate surface area is 102 Å². The van der Waals surface area contributed by atoms with Crippen molar-refractivity contribution in [2.45, 2.75) is 6.42 Å². The van der Waals surface area contributed by atoms with Crippen LogP contribution in [0.3, 0.4) is 0 Å². The molecule has 0 bridgehead atoms. The molecule has 1 aromatic rings. The summed E-state index contributed by atoms with van der Waals surface area (Å²) >= 11 is 3.26. The Hall–Kier alpha value is -0.940. The van der Waals surface area contributed by atoms with E-state index in [1.165, 1.54) is 12.1 Å². The van der Waals surface area contributed by atoms with Gasteiger partial charge in [0.05, 0.1) is 5.69 Å². The van der Waals surface area contributed by atoms with Gasteiger partial charge in [0.1, 0.15) is 5.82 Å². The van der Waals surface area contributed by atoms with Crippen molar-refractivity contribution in [1.29, 1.82) is 0 Å². The van der Waals surface area contributed by atoms with Crippen LogP contribution in [0.25, 0.3) is 0 Å². The van der Waals surface area contributed by atoms with Gasteiger partial charge >= 0.3 is 0 Å². The molecule has 1 amide bonds. The van der Waals surface area contributed by atoms with Crippen LogP contribution in [0, 0.1) is 11.7 Å². The van der Waals surface area contributed by atoms with E-state index in [0.29, 0.717) is 29.7 Å². The van der Waals surface area contributed by atoms with Crippen LogP contribution in [0.1, 0.15) is 6.42 Å². The maximum absolute atomic E-state index is 12.9. The fraction of sp³-hybridized carbons (Fsp3) is 0.364. The summed E-state index contributed by atoms with van der Waals surface area (Å²) in [4.78, 5) is 13.4. The lowest BCUT2D eigenvalue weighted by molar-refractivity contribution is -0.117. The fourth-order valence-electron chi connectivity index (χ4n) is 1.87. The summed E-state index contributed by atoms with van der Waals surface area (Å²) in [5.41, 5.74) is 6.26.